The SMILES string of the molecule is CCOc1cccc(CNC[C@H]2O[C@H](O[C@H]3[C@H](O)[C@@H](O)[C@H](N)C[C@@H]3N)[C@H](N)[C@@H](O)[C@@H]2O)c1O. The van der Waals surface area contributed by atoms with Gasteiger partial charge in [0.25, 0.3) is 0 Å². The summed E-state index contributed by atoms with van der Waals surface area (Å²) in [5.74, 6) is 0.377. The lowest BCUT2D eigenvalue weighted by Crippen LogP contribution is -2.67. The molecule has 2 aliphatic rings. The first-order chi connectivity index (χ1) is 15.6. The summed E-state index contributed by atoms with van der Waals surface area (Å²) in [6, 6.07) is 2.63. The fraction of sp³-hybridized carbons (Fsp3) is 0.714. The highest BCUT2D eigenvalue weighted by Gasteiger charge is 2.48. The molecule has 188 valence electrons. The van der Waals surface area contributed by atoms with Crippen molar-refractivity contribution in [2.75, 3.05) is 13.2 Å². The molecule has 0 bridgehead atoms. The predicted octanol–water partition coefficient (Wildman–Crippen LogP) is -3.18. The molecule has 1 saturated carbocycles. The summed E-state index contributed by atoms with van der Waals surface area (Å²) in [7, 11) is 0. The third-order valence-electron chi connectivity index (χ3n) is 6.17. The van der Waals surface area contributed by atoms with Gasteiger partial charge in [-0.3, -0.25) is 0 Å². The van der Waals surface area contributed by atoms with Gasteiger partial charge in [-0.25, -0.2) is 0 Å². The van der Waals surface area contributed by atoms with Gasteiger partial charge >= 0.3 is 0 Å². The number of para-hydroxylation sites is 1. The summed E-state index contributed by atoms with van der Waals surface area (Å²) >= 11 is 0. The normalized spacial score (nSPS) is 39.4. The lowest BCUT2D eigenvalue weighted by atomic mass is 9.84. The van der Waals surface area contributed by atoms with Crippen LogP contribution >= 0.6 is 0 Å². The van der Waals surface area contributed by atoms with Crippen molar-refractivity contribution in [3.63, 3.8) is 0 Å². The Hall–Kier alpha value is -1.58. The Labute approximate surface area is 192 Å². The number of hydrogen-bond donors (Lipinski definition) is 9. The lowest BCUT2D eigenvalue weighted by molar-refractivity contribution is -0.288. The third kappa shape index (κ3) is 5.74. The van der Waals surface area contributed by atoms with Gasteiger partial charge in [0.1, 0.15) is 30.5 Å². The second-order valence-electron chi connectivity index (χ2n) is 8.57. The summed E-state index contributed by atoms with van der Waals surface area (Å²) in [5, 5.41) is 54.6. The number of phenols is 1. The zero-order valence-electron chi connectivity index (χ0n) is 18.5. The van der Waals surface area contributed by atoms with E-state index >= 15 is 0 Å². The van der Waals surface area contributed by atoms with Crippen molar-refractivity contribution in [3.8, 4) is 11.5 Å². The van der Waals surface area contributed by atoms with Gasteiger partial charge in [-0.2, -0.15) is 0 Å². The quantitative estimate of drug-likeness (QED) is 0.183. The van der Waals surface area contributed by atoms with Crippen LogP contribution in [0.3, 0.4) is 0 Å². The molecule has 1 saturated heterocycles. The summed E-state index contributed by atoms with van der Waals surface area (Å²) in [4.78, 5) is 0. The van der Waals surface area contributed by atoms with Gasteiger partial charge in [0, 0.05) is 30.7 Å². The largest absolute Gasteiger partial charge is 0.504 e. The first-order valence-corrected chi connectivity index (χ1v) is 11.1. The van der Waals surface area contributed by atoms with Crippen molar-refractivity contribution < 1.29 is 39.7 Å². The van der Waals surface area contributed by atoms with E-state index in [-0.39, 0.29) is 25.3 Å². The Morgan fingerprint density at radius 2 is 1.76 bits per heavy atom. The van der Waals surface area contributed by atoms with Crippen molar-refractivity contribution in [2.24, 2.45) is 17.2 Å². The molecule has 0 aromatic heterocycles. The van der Waals surface area contributed by atoms with E-state index in [0.29, 0.717) is 17.9 Å². The van der Waals surface area contributed by atoms with Crippen LogP contribution in [-0.2, 0) is 16.0 Å². The van der Waals surface area contributed by atoms with Crippen LogP contribution in [0.4, 0.5) is 0 Å². The molecular weight excluding hydrogens is 436 g/mol. The molecule has 0 radical (unpaired) electrons. The summed E-state index contributed by atoms with van der Waals surface area (Å²) in [6.07, 6.45) is -8.18. The van der Waals surface area contributed by atoms with Crippen molar-refractivity contribution in [1.82, 2.24) is 5.32 Å². The van der Waals surface area contributed by atoms with Gasteiger partial charge in [0.2, 0.25) is 0 Å². The van der Waals surface area contributed by atoms with E-state index in [4.69, 9.17) is 31.4 Å². The molecule has 0 unspecified atom stereocenters. The number of nitrogens with two attached hydrogens (primary N) is 3. The van der Waals surface area contributed by atoms with Gasteiger partial charge in [-0.05, 0) is 19.4 Å². The van der Waals surface area contributed by atoms with Crippen LogP contribution < -0.4 is 27.3 Å². The molecule has 33 heavy (non-hydrogen) atoms. The number of aliphatic hydroxyl groups excluding tert-OH is 4. The highest BCUT2D eigenvalue weighted by molar-refractivity contribution is 5.45. The van der Waals surface area contributed by atoms with Crippen molar-refractivity contribution >= 4 is 0 Å². The zero-order chi connectivity index (χ0) is 24.3. The van der Waals surface area contributed by atoms with Gasteiger partial charge in [-0.15, -0.1) is 0 Å². The number of aromatic hydroxyl groups is 1. The zero-order valence-corrected chi connectivity index (χ0v) is 18.5. The topological polar surface area (TPSA) is 219 Å². The van der Waals surface area contributed by atoms with Crippen molar-refractivity contribution in [1.29, 1.82) is 0 Å². The lowest BCUT2D eigenvalue weighted by Gasteiger charge is -2.46. The van der Waals surface area contributed by atoms with E-state index in [1.807, 2.05) is 6.92 Å². The molecule has 1 heterocycles. The monoisotopic (exact) mass is 472 g/mol. The minimum absolute atomic E-state index is 0.0114. The Morgan fingerprint density at radius 1 is 1.03 bits per heavy atom. The van der Waals surface area contributed by atoms with Gasteiger partial charge in [0.05, 0.1) is 18.8 Å². The Kier molecular flexibility index (Phi) is 8.86. The van der Waals surface area contributed by atoms with E-state index in [9.17, 15) is 25.5 Å². The highest BCUT2D eigenvalue weighted by atomic mass is 16.7. The summed E-state index contributed by atoms with van der Waals surface area (Å²) in [5.41, 5.74) is 18.4. The summed E-state index contributed by atoms with van der Waals surface area (Å²) < 4.78 is 16.9. The fourth-order valence-electron chi connectivity index (χ4n) is 4.20. The molecule has 0 spiro atoms. The number of ether oxygens (including phenoxy) is 3. The molecule has 1 aliphatic carbocycles. The van der Waals surface area contributed by atoms with E-state index in [1.165, 1.54) is 0 Å². The minimum atomic E-state index is -1.37. The standard InChI is InChI=1S/C21H36N4O8/c1-2-31-12-5-3-4-9(15(12)26)7-25-8-13-17(28)18(29)14(24)21(32-13)33-20-11(23)6-10(22)16(27)19(20)30/h3-5,10-11,13-14,16-21,25-30H,2,6-8,22-24H2,1H3/t10-,11+,13-,14-,16+,17-,18-,19-,20-,21-/m1/s1. The number of aliphatic hydroxyl groups is 4. The molecule has 1 aromatic rings. The smallest absolute Gasteiger partial charge is 0.176 e. The van der Waals surface area contributed by atoms with Gasteiger partial charge < -0.3 is 62.3 Å². The average molecular weight is 473 g/mol. The predicted molar refractivity (Wildman–Crippen MR) is 117 cm³/mol. The van der Waals surface area contributed by atoms with Crippen molar-refractivity contribution in [3.05, 3.63) is 23.8 Å². The van der Waals surface area contributed by atoms with Crippen LogP contribution in [0.1, 0.15) is 18.9 Å². The fourth-order valence-corrected chi connectivity index (χ4v) is 4.20. The van der Waals surface area contributed by atoms with E-state index in [0.717, 1.165) is 0 Å². The van der Waals surface area contributed by atoms with Crippen LogP contribution in [0.5, 0.6) is 11.5 Å². The maximum Gasteiger partial charge on any atom is 0.176 e. The number of phenolic OH excluding ortho intramolecular Hbond substituents is 1. The minimum Gasteiger partial charge on any atom is -0.504 e. The Bertz CT molecular complexity index is 774. The highest BCUT2D eigenvalue weighted by Crippen LogP contribution is 2.30. The van der Waals surface area contributed by atoms with Crippen LogP contribution in [-0.4, -0.2) is 99.7 Å². The Balaban J connectivity index is 1.62. The molecule has 12 nitrogen and oxygen atoms in total. The number of nitrogens with one attached hydrogen (secondary N) is 1. The first-order valence-electron chi connectivity index (χ1n) is 11.1. The van der Waals surface area contributed by atoms with Crippen LogP contribution in [0.2, 0.25) is 0 Å². The van der Waals surface area contributed by atoms with Gasteiger partial charge in [-0.1, -0.05) is 12.1 Å². The number of hydrogen-bond acceptors (Lipinski definition) is 12. The molecule has 1 aliphatic heterocycles. The second-order valence-corrected chi connectivity index (χ2v) is 8.57. The van der Waals surface area contributed by atoms with E-state index in [1.54, 1.807) is 18.2 Å². The molecule has 2 fully saturated rings. The molecule has 12 heteroatoms. The van der Waals surface area contributed by atoms with Crippen LogP contribution in [0.25, 0.3) is 0 Å². The summed E-state index contributed by atoms with van der Waals surface area (Å²) in [6.45, 7) is 2.56. The molecule has 0 amide bonds. The maximum absolute atomic E-state index is 10.4. The van der Waals surface area contributed by atoms with Gasteiger partial charge in [0.15, 0.2) is 17.8 Å². The van der Waals surface area contributed by atoms with Crippen molar-refractivity contribution in [2.45, 2.75) is 80.9 Å². The number of rotatable bonds is 8. The third-order valence-corrected chi connectivity index (χ3v) is 6.17. The van der Waals surface area contributed by atoms with Crippen LogP contribution in [0.15, 0.2) is 18.2 Å². The van der Waals surface area contributed by atoms with Crippen LogP contribution in [0, 0.1) is 0 Å². The van der Waals surface area contributed by atoms with E-state index < -0.39 is 61.0 Å². The molecule has 1 aromatic carbocycles. The number of benzene rings is 1. The first kappa shape index (κ1) is 26.0. The molecular formula is C21H36N4O8. The van der Waals surface area contributed by atoms with E-state index in [2.05, 4.69) is 5.32 Å². The average Bonchev–Trinajstić information content (AvgIpc) is 2.78. The molecule has 12 N–H and O–H groups in total. The second kappa shape index (κ2) is 11.2. The molecule has 10 atom stereocenters. The maximum atomic E-state index is 10.4. The molecule has 3 rings (SSSR count). The Morgan fingerprint density at radius 3 is 2.45 bits per heavy atom.